The molecule has 0 aliphatic rings. The van der Waals surface area contributed by atoms with Crippen LogP contribution >= 0.6 is 0 Å². The summed E-state index contributed by atoms with van der Waals surface area (Å²) >= 11 is 0. The zero-order valence-electron chi connectivity index (χ0n) is 15.9. The number of hydrogen-bond donors (Lipinski definition) is 1. The van der Waals surface area contributed by atoms with Crippen LogP contribution in [0.3, 0.4) is 0 Å². The molecule has 0 aromatic carbocycles. The lowest BCUT2D eigenvalue weighted by Gasteiger charge is -2.44. The molecule has 1 N–H and O–H groups in total. The fraction of sp³-hybridized carbons (Fsp3) is 0.917. The second-order valence-corrected chi connectivity index (χ2v) is 8.47. The van der Waals surface area contributed by atoms with Gasteiger partial charge in [-0.25, -0.2) is 8.42 Å². The van der Waals surface area contributed by atoms with Gasteiger partial charge in [0.25, 0.3) is 0 Å². The topological polar surface area (TPSA) is 74.7 Å². The van der Waals surface area contributed by atoms with Crippen molar-refractivity contribution in [3.63, 3.8) is 0 Å². The first kappa shape index (κ1) is 33.2. The zero-order valence-corrected chi connectivity index (χ0v) is 16.7. The smallest absolute Gasteiger partial charge is 0.460 e. The van der Waals surface area contributed by atoms with Crippen LogP contribution in [0.25, 0.3) is 0 Å². The molecule has 0 aromatic heterocycles. The van der Waals surface area contributed by atoms with Gasteiger partial charge in [-0.15, -0.1) is 4.31 Å². The molecular formula is C12H8F17NO4S. The molecule has 0 radical (unpaired) electrons. The molecule has 0 aromatic rings. The molecule has 210 valence electrons. The first-order valence-corrected chi connectivity index (χ1v) is 9.40. The number of carbonyl (C=O) groups is 1. The standard InChI is InChI=1S/C12H8F17NO4S/c1-2-35(33,34)30(3-4(31)32)12(28,29)10(23,24)8(19,20)6(15,16)5(13,14)7(17,18)9(21,22)11(25,26)27/h2-3H2,1H3,(H,31,32). The highest BCUT2D eigenvalue weighted by atomic mass is 32.2. The monoisotopic (exact) mass is 585 g/mol. The van der Waals surface area contributed by atoms with Gasteiger partial charge in [0.05, 0.1) is 5.75 Å². The van der Waals surface area contributed by atoms with Gasteiger partial charge in [-0.1, -0.05) is 0 Å². The van der Waals surface area contributed by atoms with Gasteiger partial charge in [0.2, 0.25) is 10.0 Å². The summed E-state index contributed by atoms with van der Waals surface area (Å²) in [5.41, 5.74) is 0. The van der Waals surface area contributed by atoms with Crippen molar-refractivity contribution in [2.75, 3.05) is 12.3 Å². The van der Waals surface area contributed by atoms with Crippen LogP contribution in [0.5, 0.6) is 0 Å². The Kier molecular flexibility index (Phi) is 8.20. The number of alkyl halides is 17. The maximum Gasteiger partial charge on any atom is 0.460 e. The predicted octanol–water partition coefficient (Wildman–Crippen LogP) is 4.69. The average molecular weight is 585 g/mol. The average Bonchev–Trinajstić information content (AvgIpc) is 2.63. The van der Waals surface area contributed by atoms with Crippen LogP contribution in [-0.4, -0.2) is 83.9 Å². The third kappa shape index (κ3) is 4.56. The molecule has 0 aliphatic carbocycles. The van der Waals surface area contributed by atoms with Crippen molar-refractivity contribution in [2.45, 2.75) is 54.7 Å². The first-order chi connectivity index (χ1) is 14.9. The molecular weight excluding hydrogens is 577 g/mol. The highest BCUT2D eigenvalue weighted by Crippen LogP contribution is 2.64. The summed E-state index contributed by atoms with van der Waals surface area (Å²) in [5.74, 6) is -56.7. The van der Waals surface area contributed by atoms with Gasteiger partial charge in [0, 0.05) is 0 Å². The third-order valence-corrected chi connectivity index (χ3v) is 5.76. The molecule has 35 heavy (non-hydrogen) atoms. The van der Waals surface area contributed by atoms with Crippen molar-refractivity contribution in [2.24, 2.45) is 0 Å². The van der Waals surface area contributed by atoms with Crippen LogP contribution in [0.1, 0.15) is 6.92 Å². The molecule has 0 aliphatic heterocycles. The molecule has 0 atom stereocenters. The fourth-order valence-corrected chi connectivity index (χ4v) is 3.05. The van der Waals surface area contributed by atoms with Gasteiger partial charge in [-0.3, -0.25) is 4.79 Å². The number of carboxylic acids is 1. The fourth-order valence-electron chi connectivity index (χ4n) is 1.96. The maximum atomic E-state index is 14.0. The number of hydrogen-bond acceptors (Lipinski definition) is 3. The summed E-state index contributed by atoms with van der Waals surface area (Å²) < 4.78 is 245. The minimum atomic E-state index is -8.91. The van der Waals surface area contributed by atoms with Crippen molar-refractivity contribution in [3.05, 3.63) is 0 Å². The van der Waals surface area contributed by atoms with Crippen molar-refractivity contribution in [3.8, 4) is 0 Å². The molecule has 0 fully saturated rings. The lowest BCUT2D eigenvalue weighted by molar-refractivity contribution is -0.465. The molecule has 5 nitrogen and oxygen atoms in total. The van der Waals surface area contributed by atoms with E-state index >= 15 is 0 Å². The third-order valence-electron chi connectivity index (χ3n) is 4.00. The van der Waals surface area contributed by atoms with Crippen molar-refractivity contribution < 1.29 is 93.0 Å². The number of aliphatic carboxylic acids is 1. The Hall–Kier alpha value is -1.81. The van der Waals surface area contributed by atoms with Crippen LogP contribution in [0.4, 0.5) is 74.6 Å². The predicted molar refractivity (Wildman–Crippen MR) is 74.5 cm³/mol. The molecule has 0 saturated heterocycles. The van der Waals surface area contributed by atoms with Crippen LogP contribution in [0, 0.1) is 0 Å². The summed E-state index contributed by atoms with van der Waals surface area (Å²) in [6.07, 6.45) is -7.91. The second kappa shape index (κ2) is 8.64. The maximum absolute atomic E-state index is 14.0. The Labute approximate surface area is 181 Å². The largest absolute Gasteiger partial charge is 0.480 e. The van der Waals surface area contributed by atoms with Gasteiger partial charge < -0.3 is 5.11 Å². The van der Waals surface area contributed by atoms with Gasteiger partial charge in [-0.2, -0.15) is 74.6 Å². The lowest BCUT2D eigenvalue weighted by Crippen LogP contribution is -2.76. The van der Waals surface area contributed by atoms with E-state index in [2.05, 4.69) is 0 Å². The van der Waals surface area contributed by atoms with Gasteiger partial charge in [0.1, 0.15) is 6.54 Å². The highest BCUT2D eigenvalue weighted by Gasteiger charge is 2.95. The van der Waals surface area contributed by atoms with E-state index < -0.39 is 80.4 Å². The summed E-state index contributed by atoms with van der Waals surface area (Å²) in [6, 6.07) is -7.51. The van der Waals surface area contributed by atoms with Crippen molar-refractivity contribution in [1.29, 1.82) is 0 Å². The molecule has 0 spiro atoms. The van der Waals surface area contributed by atoms with Crippen molar-refractivity contribution >= 4 is 16.0 Å². The van der Waals surface area contributed by atoms with Gasteiger partial charge in [0.15, 0.2) is 0 Å². The molecule has 0 rings (SSSR count). The van der Waals surface area contributed by atoms with Crippen molar-refractivity contribution in [1.82, 2.24) is 4.31 Å². The lowest BCUT2D eigenvalue weighted by atomic mass is 9.90. The van der Waals surface area contributed by atoms with E-state index in [0.29, 0.717) is 0 Å². The molecule has 0 heterocycles. The Balaban J connectivity index is 7.14. The molecule has 0 amide bonds. The van der Waals surface area contributed by atoms with Gasteiger partial charge in [-0.05, 0) is 6.92 Å². The summed E-state index contributed by atoms with van der Waals surface area (Å²) in [5, 5.41) is 8.31. The van der Waals surface area contributed by atoms with Crippen LogP contribution in [0.15, 0.2) is 0 Å². The number of rotatable bonds is 11. The van der Waals surface area contributed by atoms with Crippen LogP contribution in [0.2, 0.25) is 0 Å². The van der Waals surface area contributed by atoms with Crippen LogP contribution < -0.4 is 0 Å². The summed E-state index contributed by atoms with van der Waals surface area (Å²) in [7, 11) is -6.17. The Bertz CT molecular complexity index is 911. The molecule has 0 bridgehead atoms. The Morgan fingerprint density at radius 1 is 0.629 bits per heavy atom. The molecule has 0 saturated carbocycles. The molecule has 0 unspecified atom stereocenters. The highest BCUT2D eigenvalue weighted by molar-refractivity contribution is 7.89. The van der Waals surface area contributed by atoms with E-state index in [-0.39, 0.29) is 6.92 Å². The summed E-state index contributed by atoms with van der Waals surface area (Å²) in [4.78, 5) is 10.5. The van der Waals surface area contributed by atoms with E-state index in [4.69, 9.17) is 5.11 Å². The van der Waals surface area contributed by atoms with E-state index in [1.165, 1.54) is 0 Å². The minimum absolute atomic E-state index is 0.249. The SMILES string of the molecule is CCS(=O)(=O)N(CC(=O)O)C(F)(F)C(F)(F)C(F)(F)C(F)(F)C(F)(F)C(F)(F)C(F)(F)C(F)(F)F. The quantitative estimate of drug-likeness (QED) is 0.282. The number of carboxylic acid groups (broad SMARTS) is 1. The zero-order chi connectivity index (χ0) is 29.1. The Morgan fingerprint density at radius 2 is 0.914 bits per heavy atom. The minimum Gasteiger partial charge on any atom is -0.480 e. The van der Waals surface area contributed by atoms with E-state index in [9.17, 15) is 87.8 Å². The van der Waals surface area contributed by atoms with E-state index in [1.807, 2.05) is 0 Å². The number of sulfonamides is 1. The Morgan fingerprint density at radius 3 is 1.17 bits per heavy atom. The summed E-state index contributed by atoms with van der Waals surface area (Å²) in [6.45, 7) is -2.71. The normalized spacial score (nSPS) is 16.1. The number of nitrogens with zero attached hydrogens (tertiary/aromatic N) is 1. The van der Waals surface area contributed by atoms with E-state index in [1.54, 1.807) is 0 Å². The number of halogens is 17. The second-order valence-electron chi connectivity index (χ2n) is 6.29. The molecule has 23 heteroatoms. The van der Waals surface area contributed by atoms with E-state index in [0.717, 1.165) is 0 Å². The van der Waals surface area contributed by atoms with Crippen LogP contribution in [-0.2, 0) is 14.8 Å². The first-order valence-electron chi connectivity index (χ1n) is 7.80. The van der Waals surface area contributed by atoms with Gasteiger partial charge >= 0.3 is 53.7 Å².